The molecule has 1 fully saturated rings. The molecule has 0 amide bonds. The zero-order chi connectivity index (χ0) is 10.2. The Labute approximate surface area is 87.3 Å². The molecule has 0 unspecified atom stereocenters. The van der Waals surface area contributed by atoms with Gasteiger partial charge in [-0.15, -0.1) is 0 Å². The lowest BCUT2D eigenvalue weighted by Crippen LogP contribution is -2.11. The summed E-state index contributed by atoms with van der Waals surface area (Å²) in [7, 11) is 1.64. The monoisotopic (exact) mass is 234 g/mol. The molecule has 0 aliphatic heterocycles. The summed E-state index contributed by atoms with van der Waals surface area (Å²) in [6, 6.07) is 1.65. The third-order valence-electron chi connectivity index (χ3n) is 2.55. The zero-order valence-electron chi connectivity index (χ0n) is 7.56. The van der Waals surface area contributed by atoms with Gasteiger partial charge in [-0.25, -0.2) is 13.1 Å². The molecule has 14 heavy (non-hydrogen) atoms. The molecule has 2 rings (SSSR count). The Morgan fingerprint density at radius 2 is 2.07 bits per heavy atom. The second kappa shape index (κ2) is 3.55. The Morgan fingerprint density at radius 3 is 2.64 bits per heavy atom. The topological polar surface area (TPSA) is 52.0 Å². The van der Waals surface area contributed by atoms with Crippen molar-refractivity contribution >= 4 is 19.7 Å². The molecule has 0 N–H and O–H groups in total. The number of halogens is 1. The second-order valence-electron chi connectivity index (χ2n) is 3.49. The molecule has 0 aromatic carbocycles. The van der Waals surface area contributed by atoms with Crippen molar-refractivity contribution in [2.75, 3.05) is 0 Å². The zero-order valence-corrected chi connectivity index (χ0v) is 9.13. The first-order chi connectivity index (χ1) is 6.59. The Kier molecular flexibility index (Phi) is 2.53. The van der Waals surface area contributed by atoms with E-state index in [1.54, 1.807) is 0 Å². The average molecular weight is 235 g/mol. The van der Waals surface area contributed by atoms with Crippen molar-refractivity contribution in [3.63, 3.8) is 0 Å². The van der Waals surface area contributed by atoms with Gasteiger partial charge in [-0.05, 0) is 18.9 Å². The van der Waals surface area contributed by atoms with E-state index < -0.39 is 9.05 Å². The van der Waals surface area contributed by atoms with Gasteiger partial charge >= 0.3 is 0 Å². The van der Waals surface area contributed by atoms with Gasteiger partial charge in [-0.3, -0.25) is 0 Å². The first-order valence-electron chi connectivity index (χ1n) is 4.57. The summed E-state index contributed by atoms with van der Waals surface area (Å²) in [6.45, 7) is 0. The minimum Gasteiger partial charge on any atom is -0.250 e. The SMILES string of the molecule is O=S(=O)(Cl)c1ccnn1C1CCCC1. The smallest absolute Gasteiger partial charge is 0.250 e. The van der Waals surface area contributed by atoms with Crippen molar-refractivity contribution in [1.29, 1.82) is 0 Å². The normalized spacial score (nSPS) is 18.9. The molecule has 1 aromatic heterocycles. The maximum Gasteiger partial charge on any atom is 0.278 e. The van der Waals surface area contributed by atoms with Crippen molar-refractivity contribution in [2.45, 2.75) is 36.8 Å². The molecule has 4 nitrogen and oxygen atoms in total. The quantitative estimate of drug-likeness (QED) is 0.735. The maximum absolute atomic E-state index is 11.2. The van der Waals surface area contributed by atoms with Gasteiger partial charge in [-0.2, -0.15) is 5.10 Å². The second-order valence-corrected chi connectivity index (χ2v) is 6.00. The minimum atomic E-state index is -3.65. The Morgan fingerprint density at radius 1 is 1.43 bits per heavy atom. The van der Waals surface area contributed by atoms with Crippen LogP contribution < -0.4 is 0 Å². The van der Waals surface area contributed by atoms with Crippen LogP contribution in [0, 0.1) is 0 Å². The maximum atomic E-state index is 11.2. The summed E-state index contributed by atoms with van der Waals surface area (Å²) in [4.78, 5) is 0. The molecular formula is C8H11ClN2O2S. The molecule has 0 saturated heterocycles. The van der Waals surface area contributed by atoms with E-state index in [9.17, 15) is 8.42 Å². The van der Waals surface area contributed by atoms with Crippen LogP contribution in [0.4, 0.5) is 0 Å². The van der Waals surface area contributed by atoms with Gasteiger partial charge in [0.2, 0.25) is 0 Å². The van der Waals surface area contributed by atoms with E-state index in [0.29, 0.717) is 0 Å². The largest absolute Gasteiger partial charge is 0.278 e. The van der Waals surface area contributed by atoms with Crippen LogP contribution in [-0.2, 0) is 9.05 Å². The van der Waals surface area contributed by atoms with Crippen LogP contribution in [0.5, 0.6) is 0 Å². The number of nitrogens with zero attached hydrogens (tertiary/aromatic N) is 2. The summed E-state index contributed by atoms with van der Waals surface area (Å²) in [5, 5.41) is 4.13. The third-order valence-corrected chi connectivity index (χ3v) is 3.85. The Hall–Kier alpha value is -0.550. The number of hydrogen-bond donors (Lipinski definition) is 0. The highest BCUT2D eigenvalue weighted by atomic mass is 35.7. The van der Waals surface area contributed by atoms with Crippen molar-refractivity contribution in [1.82, 2.24) is 9.78 Å². The van der Waals surface area contributed by atoms with Crippen LogP contribution in [-0.4, -0.2) is 18.2 Å². The van der Waals surface area contributed by atoms with Gasteiger partial charge in [0.05, 0.1) is 12.2 Å². The molecule has 6 heteroatoms. The predicted octanol–water partition coefficient (Wildman–Crippen LogP) is 1.93. The van der Waals surface area contributed by atoms with Gasteiger partial charge in [0, 0.05) is 10.7 Å². The van der Waals surface area contributed by atoms with E-state index in [1.165, 1.54) is 16.9 Å². The van der Waals surface area contributed by atoms with Crippen LogP contribution in [0.3, 0.4) is 0 Å². The fourth-order valence-electron chi connectivity index (χ4n) is 1.92. The van der Waals surface area contributed by atoms with Gasteiger partial charge in [0.1, 0.15) is 0 Å². The standard InChI is InChI=1S/C8H11ClN2O2S/c9-14(12,13)8-5-6-10-11(8)7-3-1-2-4-7/h5-7H,1-4H2. The highest BCUT2D eigenvalue weighted by Gasteiger charge is 2.24. The summed E-state index contributed by atoms with van der Waals surface area (Å²) in [6.07, 6.45) is 5.72. The number of hydrogen-bond acceptors (Lipinski definition) is 3. The van der Waals surface area contributed by atoms with Crippen molar-refractivity contribution in [2.24, 2.45) is 0 Å². The molecular weight excluding hydrogens is 224 g/mol. The Balaban J connectivity index is 2.39. The van der Waals surface area contributed by atoms with E-state index in [0.717, 1.165) is 25.7 Å². The first-order valence-corrected chi connectivity index (χ1v) is 6.88. The first kappa shape index (κ1) is 9.98. The lowest BCUT2D eigenvalue weighted by molar-refractivity contribution is 0.429. The molecule has 0 atom stereocenters. The number of rotatable bonds is 2. The molecule has 1 aromatic rings. The van der Waals surface area contributed by atoms with Gasteiger partial charge in [-0.1, -0.05) is 12.8 Å². The van der Waals surface area contributed by atoms with Crippen LogP contribution >= 0.6 is 10.7 Å². The van der Waals surface area contributed by atoms with E-state index in [2.05, 4.69) is 5.10 Å². The summed E-state index contributed by atoms with van der Waals surface area (Å²) < 4.78 is 23.9. The van der Waals surface area contributed by atoms with Crippen LogP contribution in [0.1, 0.15) is 31.7 Å². The van der Waals surface area contributed by atoms with Gasteiger partial charge in [0.25, 0.3) is 9.05 Å². The fraction of sp³-hybridized carbons (Fsp3) is 0.625. The van der Waals surface area contributed by atoms with Crippen molar-refractivity contribution < 1.29 is 8.42 Å². The summed E-state index contributed by atoms with van der Waals surface area (Å²) in [5.41, 5.74) is 0. The molecule has 1 aliphatic rings. The highest BCUT2D eigenvalue weighted by molar-refractivity contribution is 8.13. The molecule has 1 heterocycles. The molecule has 1 saturated carbocycles. The molecule has 0 radical (unpaired) electrons. The van der Waals surface area contributed by atoms with E-state index >= 15 is 0 Å². The summed E-state index contributed by atoms with van der Waals surface area (Å²) >= 11 is 0. The van der Waals surface area contributed by atoms with E-state index in [4.69, 9.17) is 10.7 Å². The van der Waals surface area contributed by atoms with Crippen LogP contribution in [0.2, 0.25) is 0 Å². The third kappa shape index (κ3) is 1.79. The van der Waals surface area contributed by atoms with Crippen LogP contribution in [0.25, 0.3) is 0 Å². The fourth-order valence-corrected chi connectivity index (χ4v) is 2.93. The lowest BCUT2D eigenvalue weighted by Gasteiger charge is -2.11. The molecule has 0 spiro atoms. The predicted molar refractivity (Wildman–Crippen MR) is 52.8 cm³/mol. The molecule has 1 aliphatic carbocycles. The molecule has 78 valence electrons. The van der Waals surface area contributed by atoms with E-state index in [1.807, 2.05) is 0 Å². The van der Waals surface area contributed by atoms with Crippen LogP contribution in [0.15, 0.2) is 17.3 Å². The number of aromatic nitrogens is 2. The Bertz CT molecular complexity index is 420. The molecule has 0 bridgehead atoms. The van der Waals surface area contributed by atoms with Gasteiger partial charge < -0.3 is 0 Å². The van der Waals surface area contributed by atoms with Crippen molar-refractivity contribution in [3.8, 4) is 0 Å². The summed E-state index contributed by atoms with van der Waals surface area (Å²) in [5.74, 6) is 0. The van der Waals surface area contributed by atoms with E-state index in [-0.39, 0.29) is 11.1 Å². The average Bonchev–Trinajstić information content (AvgIpc) is 2.73. The highest BCUT2D eigenvalue weighted by Crippen LogP contribution is 2.31. The van der Waals surface area contributed by atoms with Gasteiger partial charge in [0.15, 0.2) is 5.03 Å². The van der Waals surface area contributed by atoms with Crippen molar-refractivity contribution in [3.05, 3.63) is 12.3 Å². The minimum absolute atomic E-state index is 0.117. The lowest BCUT2D eigenvalue weighted by atomic mass is 10.3.